The second kappa shape index (κ2) is 5.85. The van der Waals surface area contributed by atoms with Gasteiger partial charge in [0.1, 0.15) is 0 Å². The maximum absolute atomic E-state index is 5.91. The first kappa shape index (κ1) is 12.9. The standard InChI is InChI=1S/C14H20ClNO/c1-10(2)7-13-9-17-14(8-16-13)11-3-5-12(15)6-4-11/h3-6,10,13-14,16H,7-9H2,1-2H3. The van der Waals surface area contributed by atoms with Crippen molar-refractivity contribution in [1.82, 2.24) is 5.32 Å². The van der Waals surface area contributed by atoms with Crippen LogP contribution in [0.5, 0.6) is 0 Å². The van der Waals surface area contributed by atoms with E-state index >= 15 is 0 Å². The molecule has 1 aromatic carbocycles. The van der Waals surface area contributed by atoms with E-state index in [2.05, 4.69) is 19.2 Å². The molecule has 0 aromatic heterocycles. The lowest BCUT2D eigenvalue weighted by molar-refractivity contribution is -0.00130. The molecule has 2 rings (SSSR count). The van der Waals surface area contributed by atoms with Crippen molar-refractivity contribution in [2.75, 3.05) is 13.2 Å². The van der Waals surface area contributed by atoms with Gasteiger partial charge in [0.15, 0.2) is 0 Å². The second-order valence-electron chi connectivity index (χ2n) is 5.11. The third-order valence-corrected chi connectivity index (χ3v) is 3.34. The average molecular weight is 254 g/mol. The molecule has 0 radical (unpaired) electrons. The molecule has 1 aromatic rings. The Bertz CT molecular complexity index is 342. The van der Waals surface area contributed by atoms with E-state index in [9.17, 15) is 0 Å². The Morgan fingerprint density at radius 3 is 2.59 bits per heavy atom. The molecule has 1 saturated heterocycles. The number of nitrogens with one attached hydrogen (secondary N) is 1. The fraction of sp³-hybridized carbons (Fsp3) is 0.571. The summed E-state index contributed by atoms with van der Waals surface area (Å²) >= 11 is 5.87. The molecule has 3 heteroatoms. The Labute approximate surface area is 108 Å². The number of morpholine rings is 1. The maximum atomic E-state index is 5.91. The van der Waals surface area contributed by atoms with Crippen molar-refractivity contribution < 1.29 is 4.74 Å². The normalized spacial score (nSPS) is 25.2. The van der Waals surface area contributed by atoms with Crippen molar-refractivity contribution in [3.63, 3.8) is 0 Å². The van der Waals surface area contributed by atoms with Crippen molar-refractivity contribution in [1.29, 1.82) is 0 Å². The summed E-state index contributed by atoms with van der Waals surface area (Å²) in [7, 11) is 0. The molecule has 1 fully saturated rings. The molecule has 0 amide bonds. The Hall–Kier alpha value is -0.570. The molecule has 1 aliphatic rings. The molecule has 2 unspecified atom stereocenters. The van der Waals surface area contributed by atoms with Crippen molar-refractivity contribution in [3.8, 4) is 0 Å². The third-order valence-electron chi connectivity index (χ3n) is 3.09. The van der Waals surface area contributed by atoms with Crippen LogP contribution in [-0.2, 0) is 4.74 Å². The topological polar surface area (TPSA) is 21.3 Å². The minimum absolute atomic E-state index is 0.163. The molecule has 0 spiro atoms. The molecule has 17 heavy (non-hydrogen) atoms. The highest BCUT2D eigenvalue weighted by Gasteiger charge is 2.22. The molecule has 1 aliphatic heterocycles. The molecule has 2 atom stereocenters. The smallest absolute Gasteiger partial charge is 0.0950 e. The lowest BCUT2D eigenvalue weighted by atomic mass is 10.0. The zero-order valence-corrected chi connectivity index (χ0v) is 11.2. The van der Waals surface area contributed by atoms with Gasteiger partial charge in [-0.2, -0.15) is 0 Å². The second-order valence-corrected chi connectivity index (χ2v) is 5.54. The van der Waals surface area contributed by atoms with E-state index < -0.39 is 0 Å². The summed E-state index contributed by atoms with van der Waals surface area (Å²) in [4.78, 5) is 0. The van der Waals surface area contributed by atoms with E-state index in [0.717, 1.165) is 18.2 Å². The summed E-state index contributed by atoms with van der Waals surface area (Å²) in [5.74, 6) is 0.711. The predicted octanol–water partition coefficient (Wildman–Crippen LogP) is 3.42. The van der Waals surface area contributed by atoms with Gasteiger partial charge in [-0.15, -0.1) is 0 Å². The average Bonchev–Trinajstić information content (AvgIpc) is 2.30. The van der Waals surface area contributed by atoms with Crippen LogP contribution in [0, 0.1) is 5.92 Å². The quantitative estimate of drug-likeness (QED) is 0.891. The van der Waals surface area contributed by atoms with Crippen LogP contribution in [0.2, 0.25) is 5.02 Å². The van der Waals surface area contributed by atoms with Gasteiger partial charge in [0.25, 0.3) is 0 Å². The summed E-state index contributed by atoms with van der Waals surface area (Å²) in [6.45, 7) is 6.17. The molecule has 1 heterocycles. The molecule has 0 aliphatic carbocycles. The largest absolute Gasteiger partial charge is 0.371 e. The Morgan fingerprint density at radius 2 is 2.06 bits per heavy atom. The number of benzene rings is 1. The fourth-order valence-electron chi connectivity index (χ4n) is 2.24. The van der Waals surface area contributed by atoms with Crippen LogP contribution in [0.1, 0.15) is 31.9 Å². The minimum Gasteiger partial charge on any atom is -0.371 e. The Kier molecular flexibility index (Phi) is 4.43. The number of ether oxygens (including phenoxy) is 1. The summed E-state index contributed by atoms with van der Waals surface area (Å²) < 4.78 is 5.91. The minimum atomic E-state index is 0.163. The first-order valence-corrected chi connectivity index (χ1v) is 6.63. The summed E-state index contributed by atoms with van der Waals surface area (Å²) in [5, 5.41) is 4.33. The maximum Gasteiger partial charge on any atom is 0.0950 e. The van der Waals surface area contributed by atoms with E-state index in [1.165, 1.54) is 12.0 Å². The molecular formula is C14H20ClNO. The first-order chi connectivity index (χ1) is 8.15. The molecule has 2 nitrogen and oxygen atoms in total. The highest BCUT2D eigenvalue weighted by Crippen LogP contribution is 2.23. The summed E-state index contributed by atoms with van der Waals surface area (Å²) in [5.41, 5.74) is 1.20. The number of halogens is 1. The van der Waals surface area contributed by atoms with Crippen LogP contribution in [-0.4, -0.2) is 19.2 Å². The van der Waals surface area contributed by atoms with Gasteiger partial charge in [0, 0.05) is 17.6 Å². The Balaban J connectivity index is 1.88. The van der Waals surface area contributed by atoms with E-state index in [4.69, 9.17) is 16.3 Å². The Morgan fingerprint density at radius 1 is 1.35 bits per heavy atom. The van der Waals surface area contributed by atoms with Crippen LogP contribution in [0.25, 0.3) is 0 Å². The number of hydrogen-bond acceptors (Lipinski definition) is 2. The van der Waals surface area contributed by atoms with Crippen LogP contribution in [0.3, 0.4) is 0 Å². The molecule has 0 bridgehead atoms. The van der Waals surface area contributed by atoms with Gasteiger partial charge in [0.05, 0.1) is 12.7 Å². The summed E-state index contributed by atoms with van der Waals surface area (Å²) in [6, 6.07) is 8.41. The van der Waals surface area contributed by atoms with Crippen LogP contribution in [0.4, 0.5) is 0 Å². The van der Waals surface area contributed by atoms with Crippen molar-refractivity contribution in [3.05, 3.63) is 34.9 Å². The van der Waals surface area contributed by atoms with Gasteiger partial charge >= 0.3 is 0 Å². The van der Waals surface area contributed by atoms with Gasteiger partial charge in [-0.1, -0.05) is 37.6 Å². The number of hydrogen-bond donors (Lipinski definition) is 1. The highest BCUT2D eigenvalue weighted by atomic mass is 35.5. The van der Waals surface area contributed by atoms with Gasteiger partial charge in [-0.3, -0.25) is 0 Å². The monoisotopic (exact) mass is 253 g/mol. The van der Waals surface area contributed by atoms with Crippen molar-refractivity contribution >= 4 is 11.6 Å². The highest BCUT2D eigenvalue weighted by molar-refractivity contribution is 6.30. The van der Waals surface area contributed by atoms with Gasteiger partial charge in [0.2, 0.25) is 0 Å². The van der Waals surface area contributed by atoms with Gasteiger partial charge < -0.3 is 10.1 Å². The van der Waals surface area contributed by atoms with E-state index in [-0.39, 0.29) is 6.10 Å². The van der Waals surface area contributed by atoms with Crippen molar-refractivity contribution in [2.45, 2.75) is 32.4 Å². The predicted molar refractivity (Wildman–Crippen MR) is 71.4 cm³/mol. The molecule has 94 valence electrons. The van der Waals surface area contributed by atoms with Crippen LogP contribution in [0.15, 0.2) is 24.3 Å². The van der Waals surface area contributed by atoms with Gasteiger partial charge in [-0.05, 0) is 30.0 Å². The van der Waals surface area contributed by atoms with Crippen LogP contribution >= 0.6 is 11.6 Å². The lowest BCUT2D eigenvalue weighted by Crippen LogP contribution is -2.43. The molecule has 1 N–H and O–H groups in total. The van der Waals surface area contributed by atoms with E-state index in [1.807, 2.05) is 24.3 Å². The van der Waals surface area contributed by atoms with E-state index in [1.54, 1.807) is 0 Å². The third kappa shape index (κ3) is 3.70. The van der Waals surface area contributed by atoms with Crippen molar-refractivity contribution in [2.24, 2.45) is 5.92 Å². The fourth-order valence-corrected chi connectivity index (χ4v) is 2.36. The molecular weight excluding hydrogens is 234 g/mol. The van der Waals surface area contributed by atoms with Gasteiger partial charge in [-0.25, -0.2) is 0 Å². The number of rotatable bonds is 3. The molecule has 0 saturated carbocycles. The van der Waals surface area contributed by atoms with Crippen LogP contribution < -0.4 is 5.32 Å². The zero-order chi connectivity index (χ0) is 12.3. The summed E-state index contributed by atoms with van der Waals surface area (Å²) in [6.07, 6.45) is 1.34. The SMILES string of the molecule is CC(C)CC1COC(c2ccc(Cl)cc2)CN1. The zero-order valence-electron chi connectivity index (χ0n) is 10.4. The first-order valence-electron chi connectivity index (χ1n) is 6.25. The van der Waals surface area contributed by atoms with E-state index in [0.29, 0.717) is 12.0 Å². The lowest BCUT2D eigenvalue weighted by Gasteiger charge is -2.31.